The summed E-state index contributed by atoms with van der Waals surface area (Å²) in [5, 5.41) is 7.78. The van der Waals surface area contributed by atoms with Gasteiger partial charge in [-0.05, 0) is 18.5 Å². The second-order valence-electron chi connectivity index (χ2n) is 4.47. The molecule has 17 heavy (non-hydrogen) atoms. The van der Waals surface area contributed by atoms with Gasteiger partial charge in [0.25, 0.3) is 0 Å². The van der Waals surface area contributed by atoms with E-state index in [1.807, 2.05) is 22.6 Å². The number of hydrogen-bond donors (Lipinski definition) is 1. The molecule has 5 heteroatoms. The Bertz CT molecular complexity index is 433. The van der Waals surface area contributed by atoms with Crippen molar-refractivity contribution in [2.75, 3.05) is 6.54 Å². The highest BCUT2D eigenvalue weighted by Gasteiger charge is 2.04. The zero-order chi connectivity index (χ0) is 12.1. The van der Waals surface area contributed by atoms with Crippen LogP contribution in [0.15, 0.2) is 24.0 Å². The maximum Gasteiger partial charge on any atom is 0.0794 e. The van der Waals surface area contributed by atoms with E-state index in [4.69, 9.17) is 0 Å². The Hall–Kier alpha value is -1.20. The molecule has 0 fully saturated rings. The van der Waals surface area contributed by atoms with Crippen LogP contribution < -0.4 is 5.32 Å². The lowest BCUT2D eigenvalue weighted by molar-refractivity contribution is 0.530. The van der Waals surface area contributed by atoms with Crippen molar-refractivity contribution >= 4 is 11.3 Å². The normalized spacial score (nSPS) is 11.2. The number of nitrogens with one attached hydrogen (secondary N) is 1. The smallest absolute Gasteiger partial charge is 0.0794 e. The van der Waals surface area contributed by atoms with Crippen molar-refractivity contribution in [1.82, 2.24) is 20.1 Å². The lowest BCUT2D eigenvalue weighted by Crippen LogP contribution is -2.21. The van der Waals surface area contributed by atoms with Crippen LogP contribution in [0.1, 0.15) is 24.4 Å². The summed E-state index contributed by atoms with van der Waals surface area (Å²) >= 11 is 1.67. The average Bonchev–Trinajstić information content (AvgIpc) is 2.91. The van der Waals surface area contributed by atoms with Crippen molar-refractivity contribution in [2.24, 2.45) is 5.92 Å². The van der Waals surface area contributed by atoms with Gasteiger partial charge < -0.3 is 5.32 Å². The summed E-state index contributed by atoms with van der Waals surface area (Å²) in [4.78, 5) is 5.31. The van der Waals surface area contributed by atoms with E-state index < -0.39 is 0 Å². The van der Waals surface area contributed by atoms with Crippen LogP contribution in [-0.2, 0) is 13.1 Å². The van der Waals surface area contributed by atoms with E-state index in [0.29, 0.717) is 5.92 Å². The van der Waals surface area contributed by atoms with Crippen LogP contribution in [0.4, 0.5) is 0 Å². The minimum Gasteiger partial charge on any atom is -0.311 e. The molecule has 2 aromatic rings. The number of thiazole rings is 1. The summed E-state index contributed by atoms with van der Waals surface area (Å²) in [6.07, 6.45) is 3.76. The molecular formula is C12H18N4S. The van der Waals surface area contributed by atoms with Gasteiger partial charge in [-0.1, -0.05) is 13.8 Å². The number of rotatable bonds is 6. The molecule has 0 saturated heterocycles. The van der Waals surface area contributed by atoms with Gasteiger partial charge in [0.1, 0.15) is 0 Å². The fraction of sp³-hybridized carbons (Fsp3) is 0.500. The van der Waals surface area contributed by atoms with Crippen molar-refractivity contribution in [3.05, 3.63) is 34.5 Å². The van der Waals surface area contributed by atoms with Gasteiger partial charge in [0.15, 0.2) is 0 Å². The SMILES string of the molecule is CC(C)CNCc1ccnn1Cc1cncs1. The molecule has 92 valence electrons. The van der Waals surface area contributed by atoms with Crippen LogP contribution in [0.5, 0.6) is 0 Å². The quantitative estimate of drug-likeness (QED) is 0.854. The number of nitrogens with zero attached hydrogens (tertiary/aromatic N) is 3. The molecule has 0 bridgehead atoms. The van der Waals surface area contributed by atoms with Crippen molar-refractivity contribution < 1.29 is 0 Å². The van der Waals surface area contributed by atoms with E-state index in [-0.39, 0.29) is 0 Å². The molecule has 1 N–H and O–H groups in total. The maximum absolute atomic E-state index is 4.34. The number of aromatic nitrogens is 3. The van der Waals surface area contributed by atoms with Gasteiger partial charge in [-0.25, -0.2) is 0 Å². The molecule has 0 unspecified atom stereocenters. The Labute approximate surface area is 106 Å². The minimum absolute atomic E-state index is 0.674. The first-order valence-electron chi connectivity index (χ1n) is 5.84. The van der Waals surface area contributed by atoms with Gasteiger partial charge in [-0.2, -0.15) is 5.10 Å². The highest BCUT2D eigenvalue weighted by Crippen LogP contribution is 2.09. The van der Waals surface area contributed by atoms with Gasteiger partial charge in [0.05, 0.1) is 17.7 Å². The molecule has 0 spiro atoms. The van der Waals surface area contributed by atoms with Crippen LogP contribution in [0.25, 0.3) is 0 Å². The summed E-state index contributed by atoms with van der Waals surface area (Å²) < 4.78 is 2.03. The zero-order valence-corrected chi connectivity index (χ0v) is 11.1. The third kappa shape index (κ3) is 3.64. The summed E-state index contributed by atoms with van der Waals surface area (Å²) in [6.45, 7) is 7.14. The van der Waals surface area contributed by atoms with Gasteiger partial charge in [-0.15, -0.1) is 11.3 Å². The van der Waals surface area contributed by atoms with Gasteiger partial charge in [0, 0.05) is 23.8 Å². The molecule has 2 aromatic heterocycles. The highest BCUT2D eigenvalue weighted by molar-refractivity contribution is 7.09. The predicted molar refractivity (Wildman–Crippen MR) is 70.0 cm³/mol. The van der Waals surface area contributed by atoms with Crippen molar-refractivity contribution in [3.63, 3.8) is 0 Å². The Morgan fingerprint density at radius 1 is 1.47 bits per heavy atom. The predicted octanol–water partition coefficient (Wildman–Crippen LogP) is 2.13. The van der Waals surface area contributed by atoms with Gasteiger partial charge in [-0.3, -0.25) is 9.67 Å². The summed E-state index contributed by atoms with van der Waals surface area (Å²) in [6, 6.07) is 2.06. The van der Waals surface area contributed by atoms with Crippen LogP contribution >= 0.6 is 11.3 Å². The summed E-state index contributed by atoms with van der Waals surface area (Å²) in [5.74, 6) is 0.674. The minimum atomic E-state index is 0.674. The van der Waals surface area contributed by atoms with Gasteiger partial charge in [0.2, 0.25) is 0 Å². The summed E-state index contributed by atoms with van der Waals surface area (Å²) in [7, 11) is 0. The molecule has 0 aliphatic rings. The monoisotopic (exact) mass is 250 g/mol. The average molecular weight is 250 g/mol. The lowest BCUT2D eigenvalue weighted by atomic mass is 10.2. The molecule has 0 aliphatic carbocycles. The first-order valence-corrected chi connectivity index (χ1v) is 6.72. The Kier molecular flexibility index (Phi) is 4.28. The molecule has 0 atom stereocenters. The van der Waals surface area contributed by atoms with E-state index in [2.05, 4.69) is 35.3 Å². The molecule has 0 saturated carbocycles. The fourth-order valence-corrected chi connectivity index (χ4v) is 2.18. The van der Waals surface area contributed by atoms with Crippen molar-refractivity contribution in [3.8, 4) is 0 Å². The van der Waals surface area contributed by atoms with Crippen LogP contribution in [0.3, 0.4) is 0 Å². The Balaban J connectivity index is 1.92. The van der Waals surface area contributed by atoms with Crippen molar-refractivity contribution in [2.45, 2.75) is 26.9 Å². The van der Waals surface area contributed by atoms with Crippen LogP contribution in [-0.4, -0.2) is 21.3 Å². The zero-order valence-electron chi connectivity index (χ0n) is 10.3. The van der Waals surface area contributed by atoms with Crippen LogP contribution in [0.2, 0.25) is 0 Å². The lowest BCUT2D eigenvalue weighted by Gasteiger charge is -2.09. The molecular weight excluding hydrogens is 232 g/mol. The molecule has 0 amide bonds. The fourth-order valence-electron chi connectivity index (χ4n) is 1.61. The largest absolute Gasteiger partial charge is 0.311 e. The topological polar surface area (TPSA) is 42.7 Å². The van der Waals surface area contributed by atoms with E-state index in [1.54, 1.807) is 11.3 Å². The van der Waals surface area contributed by atoms with Gasteiger partial charge >= 0.3 is 0 Å². The molecule has 0 aliphatic heterocycles. The van der Waals surface area contributed by atoms with E-state index in [9.17, 15) is 0 Å². The molecule has 0 aromatic carbocycles. The van der Waals surface area contributed by atoms with E-state index in [1.165, 1.54) is 10.6 Å². The standard InChI is InChI=1S/C12H18N4S/c1-10(2)5-13-6-11-3-4-15-16(11)8-12-7-14-9-17-12/h3-4,7,9-10,13H,5-6,8H2,1-2H3. The molecule has 0 radical (unpaired) electrons. The highest BCUT2D eigenvalue weighted by atomic mass is 32.1. The van der Waals surface area contributed by atoms with Crippen LogP contribution in [0, 0.1) is 5.92 Å². The molecule has 2 rings (SSSR count). The molecule has 2 heterocycles. The first kappa shape index (κ1) is 12.3. The summed E-state index contributed by atoms with van der Waals surface area (Å²) in [5.41, 5.74) is 3.08. The van der Waals surface area contributed by atoms with E-state index >= 15 is 0 Å². The second kappa shape index (κ2) is 5.93. The first-order chi connectivity index (χ1) is 8.25. The third-order valence-electron chi connectivity index (χ3n) is 2.45. The maximum atomic E-state index is 4.34. The van der Waals surface area contributed by atoms with Crippen molar-refractivity contribution in [1.29, 1.82) is 0 Å². The number of hydrogen-bond acceptors (Lipinski definition) is 4. The Morgan fingerprint density at radius 2 is 2.35 bits per heavy atom. The molecule has 4 nitrogen and oxygen atoms in total. The second-order valence-corrected chi connectivity index (χ2v) is 5.44. The Morgan fingerprint density at radius 3 is 3.06 bits per heavy atom. The third-order valence-corrected chi connectivity index (χ3v) is 3.22. The van der Waals surface area contributed by atoms with E-state index in [0.717, 1.165) is 19.6 Å².